The van der Waals surface area contributed by atoms with Gasteiger partial charge >= 0.3 is 17.3 Å². The first-order chi connectivity index (χ1) is 8.78. The van der Waals surface area contributed by atoms with Crippen LogP contribution >= 0.6 is 0 Å². The molecule has 0 spiro atoms. The van der Waals surface area contributed by atoms with Crippen molar-refractivity contribution < 1.29 is 31.6 Å². The molecule has 0 bridgehead atoms. The zero-order valence-corrected chi connectivity index (χ0v) is 12.2. The van der Waals surface area contributed by atoms with Crippen molar-refractivity contribution in [1.29, 1.82) is 0 Å². The topological polar surface area (TPSA) is 80.3 Å². The molecule has 2 rings (SSSR count). The van der Waals surface area contributed by atoms with E-state index in [-0.39, 0.29) is 13.2 Å². The lowest BCUT2D eigenvalue weighted by Gasteiger charge is -2.27. The number of carbonyl (C=O) groups excluding carboxylic acids is 1. The van der Waals surface area contributed by atoms with Gasteiger partial charge in [0.1, 0.15) is 12.2 Å². The molecule has 110 valence electrons. The smallest absolute Gasteiger partial charge is 0.342 e. The van der Waals surface area contributed by atoms with Gasteiger partial charge in [0.05, 0.1) is 13.2 Å². The van der Waals surface area contributed by atoms with E-state index >= 15 is 0 Å². The molecule has 0 aromatic rings. The Balaban J connectivity index is 2.18. The van der Waals surface area contributed by atoms with Crippen LogP contribution in [0.2, 0.25) is 0 Å². The molecular formula is C11H18O7S. The number of hydrogen-bond donors (Lipinski definition) is 0. The summed E-state index contributed by atoms with van der Waals surface area (Å²) in [5.74, 6) is -1.40. The summed E-state index contributed by atoms with van der Waals surface area (Å²) in [4.78, 5) is 12.0. The number of rotatable bonds is 3. The first-order valence-corrected chi connectivity index (χ1v) is 7.06. The predicted octanol–water partition coefficient (Wildman–Crippen LogP) is 0.454. The van der Waals surface area contributed by atoms with Crippen LogP contribution in [0.4, 0.5) is 0 Å². The molecule has 8 heteroatoms. The van der Waals surface area contributed by atoms with Crippen molar-refractivity contribution in [2.75, 3.05) is 13.2 Å². The lowest BCUT2D eigenvalue weighted by atomic mass is 9.95. The van der Waals surface area contributed by atoms with Crippen LogP contribution in [0.3, 0.4) is 0 Å². The van der Waals surface area contributed by atoms with E-state index in [1.165, 1.54) is 6.92 Å². The molecule has 7 nitrogen and oxygen atoms in total. The minimum absolute atomic E-state index is 0.199. The highest BCUT2D eigenvalue weighted by Crippen LogP contribution is 2.37. The molecule has 2 aliphatic rings. The van der Waals surface area contributed by atoms with Gasteiger partial charge in [0.2, 0.25) is 5.60 Å². The number of ether oxygens (including phenoxy) is 3. The highest BCUT2D eigenvalue weighted by molar-refractivity contribution is 7.75. The van der Waals surface area contributed by atoms with Crippen LogP contribution in [0, 0.1) is 0 Å². The van der Waals surface area contributed by atoms with Gasteiger partial charge in [-0.05, 0) is 27.7 Å². The Morgan fingerprint density at radius 3 is 2.63 bits per heavy atom. The minimum atomic E-state index is -2.00. The molecule has 0 amide bonds. The van der Waals surface area contributed by atoms with Crippen LogP contribution in [-0.4, -0.2) is 47.0 Å². The molecule has 0 radical (unpaired) electrons. The second kappa shape index (κ2) is 5.10. The maximum Gasteiger partial charge on any atom is 0.342 e. The summed E-state index contributed by atoms with van der Waals surface area (Å²) >= 11 is -2.00. The Hall–Kier alpha value is -0.540. The van der Waals surface area contributed by atoms with Gasteiger partial charge in [-0.2, -0.15) is 4.21 Å². The second-order valence-corrected chi connectivity index (χ2v) is 5.77. The van der Waals surface area contributed by atoms with Crippen LogP contribution in [0.15, 0.2) is 0 Å². The molecule has 4 atom stereocenters. The molecule has 0 aromatic heterocycles. The van der Waals surface area contributed by atoms with E-state index in [9.17, 15) is 9.00 Å². The summed E-state index contributed by atoms with van der Waals surface area (Å²) in [7, 11) is 0. The van der Waals surface area contributed by atoms with Crippen molar-refractivity contribution in [2.24, 2.45) is 0 Å². The van der Waals surface area contributed by atoms with Crippen molar-refractivity contribution in [3.05, 3.63) is 0 Å². The maximum atomic E-state index is 12.0. The molecule has 0 N–H and O–H groups in total. The Bertz CT molecular complexity index is 397. The van der Waals surface area contributed by atoms with Gasteiger partial charge in [-0.25, -0.2) is 8.98 Å². The third-order valence-electron chi connectivity index (χ3n) is 3.02. The van der Waals surface area contributed by atoms with Gasteiger partial charge in [0, 0.05) is 0 Å². The van der Waals surface area contributed by atoms with Crippen molar-refractivity contribution in [3.63, 3.8) is 0 Å². The number of carbonyl (C=O) groups is 1. The first-order valence-electron chi connectivity index (χ1n) is 6.06. The van der Waals surface area contributed by atoms with Gasteiger partial charge < -0.3 is 14.2 Å². The third-order valence-corrected chi connectivity index (χ3v) is 3.86. The van der Waals surface area contributed by atoms with Crippen LogP contribution in [0.25, 0.3) is 0 Å². The van der Waals surface area contributed by atoms with E-state index < -0.39 is 40.9 Å². The van der Waals surface area contributed by atoms with E-state index in [2.05, 4.69) is 0 Å². The van der Waals surface area contributed by atoms with Crippen LogP contribution in [0.5, 0.6) is 0 Å². The average Bonchev–Trinajstić information content (AvgIpc) is 2.80. The molecule has 2 heterocycles. The van der Waals surface area contributed by atoms with E-state index in [4.69, 9.17) is 22.6 Å². The molecule has 0 aliphatic carbocycles. The fourth-order valence-electron chi connectivity index (χ4n) is 2.09. The quantitative estimate of drug-likeness (QED) is 0.699. The predicted molar refractivity (Wildman–Crippen MR) is 64.0 cm³/mol. The first kappa shape index (κ1) is 14.9. The second-order valence-electron chi connectivity index (χ2n) is 5.00. The highest BCUT2D eigenvalue weighted by Gasteiger charge is 2.59. The normalized spacial score (nSPS) is 41.4. The fraction of sp³-hybridized carbons (Fsp3) is 0.909. The summed E-state index contributed by atoms with van der Waals surface area (Å²) in [5, 5.41) is 0. The van der Waals surface area contributed by atoms with E-state index in [1.54, 1.807) is 20.8 Å². The van der Waals surface area contributed by atoms with E-state index in [1.807, 2.05) is 0 Å². The molecule has 2 saturated heterocycles. The van der Waals surface area contributed by atoms with Crippen LogP contribution < -0.4 is 0 Å². The zero-order valence-electron chi connectivity index (χ0n) is 11.3. The van der Waals surface area contributed by atoms with Gasteiger partial charge in [0.15, 0.2) is 5.79 Å². The fourth-order valence-corrected chi connectivity index (χ4v) is 3.05. The van der Waals surface area contributed by atoms with E-state index in [0.29, 0.717) is 0 Å². The molecule has 2 aliphatic heterocycles. The SMILES string of the molecule is CCOC(=O)[C@@]1(C)OS(=O)O[C@@H]1C1COC(C)(C)O1. The lowest BCUT2D eigenvalue weighted by Crippen LogP contribution is -2.52. The minimum Gasteiger partial charge on any atom is -0.464 e. The molecule has 2 unspecified atom stereocenters. The third kappa shape index (κ3) is 2.82. The summed E-state index contributed by atoms with van der Waals surface area (Å²) in [6.45, 7) is 7.09. The summed E-state index contributed by atoms with van der Waals surface area (Å²) < 4.78 is 37.7. The van der Waals surface area contributed by atoms with Gasteiger partial charge in [-0.15, -0.1) is 0 Å². The van der Waals surface area contributed by atoms with Gasteiger partial charge in [-0.3, -0.25) is 4.18 Å². The van der Waals surface area contributed by atoms with E-state index in [0.717, 1.165) is 0 Å². The van der Waals surface area contributed by atoms with Gasteiger partial charge in [-0.1, -0.05) is 0 Å². The lowest BCUT2D eigenvalue weighted by molar-refractivity contribution is -0.175. The number of esters is 1. The monoisotopic (exact) mass is 294 g/mol. The maximum absolute atomic E-state index is 12.0. The highest BCUT2D eigenvalue weighted by atomic mass is 32.2. The molecule has 2 fully saturated rings. The molecular weight excluding hydrogens is 276 g/mol. The molecule has 19 heavy (non-hydrogen) atoms. The Morgan fingerprint density at radius 1 is 1.42 bits per heavy atom. The summed E-state index contributed by atoms with van der Waals surface area (Å²) in [6, 6.07) is 0. The average molecular weight is 294 g/mol. The Morgan fingerprint density at radius 2 is 2.11 bits per heavy atom. The standard InChI is InChI=1S/C11H18O7S/c1-5-14-9(12)11(4)8(17-19(13)18-11)7-6-15-10(2,3)16-7/h7-8H,5-6H2,1-4H3/t7?,8-,11+,19?/m1/s1. The summed E-state index contributed by atoms with van der Waals surface area (Å²) in [5.41, 5.74) is -1.46. The van der Waals surface area contributed by atoms with Crippen molar-refractivity contribution in [3.8, 4) is 0 Å². The Labute approximate surface area is 114 Å². The van der Waals surface area contributed by atoms with Crippen molar-refractivity contribution in [2.45, 2.75) is 51.3 Å². The molecule has 0 saturated carbocycles. The van der Waals surface area contributed by atoms with Crippen molar-refractivity contribution in [1.82, 2.24) is 0 Å². The molecule has 0 aromatic carbocycles. The van der Waals surface area contributed by atoms with Crippen LogP contribution in [-0.2, 0) is 38.7 Å². The Kier molecular flexibility index (Phi) is 3.99. The van der Waals surface area contributed by atoms with Crippen LogP contribution in [0.1, 0.15) is 27.7 Å². The largest absolute Gasteiger partial charge is 0.464 e. The zero-order chi connectivity index (χ0) is 14.3. The number of hydrogen-bond acceptors (Lipinski definition) is 7. The van der Waals surface area contributed by atoms with Crippen molar-refractivity contribution >= 4 is 17.3 Å². The summed E-state index contributed by atoms with van der Waals surface area (Å²) in [6.07, 6.45) is -1.38. The van der Waals surface area contributed by atoms with Gasteiger partial charge in [0.25, 0.3) is 0 Å².